The lowest BCUT2D eigenvalue weighted by Gasteiger charge is -2.14. The molecule has 0 N–H and O–H groups in total. The summed E-state index contributed by atoms with van der Waals surface area (Å²) in [6, 6.07) is 2.07. The van der Waals surface area contributed by atoms with E-state index in [1.165, 1.54) is 0 Å². The molecule has 0 saturated carbocycles. The van der Waals surface area contributed by atoms with Gasteiger partial charge in [0.05, 0.1) is 12.6 Å². The summed E-state index contributed by atoms with van der Waals surface area (Å²) in [7, 11) is -0.742. The highest BCUT2D eigenvalue weighted by atomic mass is 32.2. The fourth-order valence-corrected chi connectivity index (χ4v) is 1.22. The van der Waals surface area contributed by atoms with Crippen molar-refractivity contribution in [3.8, 4) is 6.07 Å². The third-order valence-corrected chi connectivity index (χ3v) is 2.19. The molecule has 0 aliphatic heterocycles. The summed E-state index contributed by atoms with van der Waals surface area (Å²) in [5.74, 6) is 0.662. The molecule has 0 aliphatic carbocycles. The van der Waals surface area contributed by atoms with Gasteiger partial charge in [0.2, 0.25) is 0 Å². The van der Waals surface area contributed by atoms with Gasteiger partial charge >= 0.3 is 0 Å². The molecule has 0 aliphatic rings. The lowest BCUT2D eigenvalue weighted by Crippen LogP contribution is -2.27. The van der Waals surface area contributed by atoms with Crippen molar-refractivity contribution in [1.82, 2.24) is 4.90 Å². The number of hydrogen-bond acceptors (Lipinski definition) is 3. The summed E-state index contributed by atoms with van der Waals surface area (Å²) in [6.07, 6.45) is 1.68. The van der Waals surface area contributed by atoms with Gasteiger partial charge in [-0.15, -0.1) is 0 Å². The Kier molecular flexibility index (Phi) is 6.09. The van der Waals surface area contributed by atoms with Crippen LogP contribution in [0.1, 0.15) is 6.92 Å². The van der Waals surface area contributed by atoms with E-state index in [0.29, 0.717) is 12.3 Å². The van der Waals surface area contributed by atoms with Crippen molar-refractivity contribution in [3.05, 3.63) is 0 Å². The van der Waals surface area contributed by atoms with E-state index in [1.54, 1.807) is 6.26 Å². The highest BCUT2D eigenvalue weighted by Gasteiger charge is 2.00. The van der Waals surface area contributed by atoms with Crippen LogP contribution >= 0.6 is 0 Å². The Hall–Kier alpha value is -0.400. The Balaban J connectivity index is 3.53. The fourth-order valence-electron chi connectivity index (χ4n) is 0.707. The molecule has 0 bridgehead atoms. The number of nitriles is 1. The zero-order valence-electron chi connectivity index (χ0n) is 7.04. The molecule has 3 nitrogen and oxygen atoms in total. The largest absolute Gasteiger partial charge is 0.290 e. The lowest BCUT2D eigenvalue weighted by molar-refractivity contribution is 0.343. The minimum Gasteiger partial charge on any atom is -0.290 e. The predicted molar refractivity (Wildman–Crippen MR) is 46.7 cm³/mol. The molecule has 0 heterocycles. The van der Waals surface area contributed by atoms with Crippen LogP contribution in [0.2, 0.25) is 0 Å². The first-order valence-electron chi connectivity index (χ1n) is 3.60. The topological polar surface area (TPSA) is 44.1 Å². The van der Waals surface area contributed by atoms with Crippen LogP contribution in [0.3, 0.4) is 0 Å². The minimum absolute atomic E-state index is 0.438. The smallest absolute Gasteiger partial charge is 0.0866 e. The molecular weight excluding hydrogens is 160 g/mol. The quantitative estimate of drug-likeness (QED) is 0.560. The molecule has 0 aromatic carbocycles. The molecule has 0 fully saturated rings. The second-order valence-corrected chi connectivity index (χ2v) is 3.86. The molecule has 4 heteroatoms. The Morgan fingerprint density at radius 1 is 1.64 bits per heavy atom. The van der Waals surface area contributed by atoms with E-state index in [9.17, 15) is 4.21 Å². The van der Waals surface area contributed by atoms with Gasteiger partial charge in [-0.25, -0.2) is 0 Å². The monoisotopic (exact) mass is 174 g/mol. The van der Waals surface area contributed by atoms with E-state index >= 15 is 0 Å². The van der Waals surface area contributed by atoms with Crippen molar-refractivity contribution in [1.29, 1.82) is 5.26 Å². The highest BCUT2D eigenvalue weighted by molar-refractivity contribution is 7.84. The molecule has 0 amide bonds. The SMILES string of the molecule is CCN(CC#N)CCS(C)=O. The van der Waals surface area contributed by atoms with Gasteiger partial charge in [-0.1, -0.05) is 6.92 Å². The van der Waals surface area contributed by atoms with Gasteiger partial charge in [-0.2, -0.15) is 5.26 Å². The Bertz CT molecular complexity index is 164. The molecule has 11 heavy (non-hydrogen) atoms. The standard InChI is InChI=1S/C7H14N2OS/c1-3-9(5-4-8)6-7-11(2)10/h3,5-7H2,1-2H3. The summed E-state index contributed by atoms with van der Waals surface area (Å²) in [5, 5.41) is 8.37. The number of hydrogen-bond donors (Lipinski definition) is 0. The summed E-state index contributed by atoms with van der Waals surface area (Å²) in [6.45, 7) is 4.04. The first-order chi connectivity index (χ1) is 5.20. The fraction of sp³-hybridized carbons (Fsp3) is 0.857. The predicted octanol–water partition coefficient (Wildman–Crippen LogP) is 0.210. The van der Waals surface area contributed by atoms with Gasteiger partial charge in [0.1, 0.15) is 0 Å². The maximum atomic E-state index is 10.7. The lowest BCUT2D eigenvalue weighted by atomic mass is 10.5. The van der Waals surface area contributed by atoms with Crippen LogP contribution in [0.4, 0.5) is 0 Å². The molecule has 0 aromatic rings. The van der Waals surface area contributed by atoms with Gasteiger partial charge < -0.3 is 0 Å². The van der Waals surface area contributed by atoms with Gasteiger partial charge in [-0.05, 0) is 6.54 Å². The molecule has 0 rings (SSSR count). The van der Waals surface area contributed by atoms with E-state index in [-0.39, 0.29) is 0 Å². The maximum Gasteiger partial charge on any atom is 0.0866 e. The van der Waals surface area contributed by atoms with Crippen molar-refractivity contribution in [3.63, 3.8) is 0 Å². The third-order valence-electron chi connectivity index (χ3n) is 1.44. The van der Waals surface area contributed by atoms with Crippen LogP contribution in [-0.4, -0.2) is 40.8 Å². The Morgan fingerprint density at radius 2 is 2.27 bits per heavy atom. The summed E-state index contributed by atoms with van der Waals surface area (Å²) in [5.41, 5.74) is 0. The van der Waals surface area contributed by atoms with E-state index < -0.39 is 10.8 Å². The van der Waals surface area contributed by atoms with Crippen molar-refractivity contribution in [2.45, 2.75) is 6.92 Å². The number of nitrogens with zero attached hydrogens (tertiary/aromatic N) is 2. The van der Waals surface area contributed by atoms with E-state index in [1.807, 2.05) is 11.8 Å². The second-order valence-electron chi connectivity index (χ2n) is 2.30. The zero-order chi connectivity index (χ0) is 8.69. The van der Waals surface area contributed by atoms with Gasteiger partial charge in [-0.3, -0.25) is 9.11 Å². The molecule has 0 aromatic heterocycles. The van der Waals surface area contributed by atoms with Crippen molar-refractivity contribution < 1.29 is 4.21 Å². The summed E-state index contributed by atoms with van der Waals surface area (Å²) < 4.78 is 10.7. The molecule has 0 saturated heterocycles. The van der Waals surface area contributed by atoms with Crippen molar-refractivity contribution in [2.24, 2.45) is 0 Å². The summed E-state index contributed by atoms with van der Waals surface area (Å²) in [4.78, 5) is 1.97. The first kappa shape index (κ1) is 10.6. The van der Waals surface area contributed by atoms with Crippen LogP contribution in [0.25, 0.3) is 0 Å². The van der Waals surface area contributed by atoms with Crippen LogP contribution in [-0.2, 0) is 10.8 Å². The van der Waals surface area contributed by atoms with E-state index in [4.69, 9.17) is 5.26 Å². The second kappa shape index (κ2) is 6.32. The molecule has 1 unspecified atom stereocenters. The van der Waals surface area contributed by atoms with Crippen molar-refractivity contribution >= 4 is 10.8 Å². The van der Waals surface area contributed by atoms with Crippen molar-refractivity contribution in [2.75, 3.05) is 31.6 Å². The molecule has 0 spiro atoms. The van der Waals surface area contributed by atoms with Gasteiger partial charge in [0.15, 0.2) is 0 Å². The van der Waals surface area contributed by atoms with Crippen LogP contribution < -0.4 is 0 Å². The highest BCUT2D eigenvalue weighted by Crippen LogP contribution is 1.86. The summed E-state index contributed by atoms with van der Waals surface area (Å²) >= 11 is 0. The zero-order valence-corrected chi connectivity index (χ0v) is 7.86. The minimum atomic E-state index is -0.742. The average molecular weight is 174 g/mol. The normalized spacial score (nSPS) is 12.9. The molecule has 0 radical (unpaired) electrons. The Morgan fingerprint density at radius 3 is 2.64 bits per heavy atom. The average Bonchev–Trinajstić information content (AvgIpc) is 1.97. The van der Waals surface area contributed by atoms with Crippen LogP contribution in [0.5, 0.6) is 0 Å². The van der Waals surface area contributed by atoms with E-state index in [0.717, 1.165) is 13.1 Å². The van der Waals surface area contributed by atoms with Crippen LogP contribution in [0, 0.1) is 11.3 Å². The van der Waals surface area contributed by atoms with Crippen LogP contribution in [0.15, 0.2) is 0 Å². The molecular formula is C7H14N2OS. The number of rotatable bonds is 5. The first-order valence-corrected chi connectivity index (χ1v) is 5.32. The van der Waals surface area contributed by atoms with E-state index in [2.05, 4.69) is 6.07 Å². The Labute approximate surface area is 70.5 Å². The maximum absolute atomic E-state index is 10.7. The van der Waals surface area contributed by atoms with Gasteiger partial charge in [0, 0.05) is 29.4 Å². The molecule has 1 atom stereocenters. The van der Waals surface area contributed by atoms with Gasteiger partial charge in [0.25, 0.3) is 0 Å². The molecule has 64 valence electrons. The third kappa shape index (κ3) is 6.02.